The van der Waals surface area contributed by atoms with Gasteiger partial charge in [0.2, 0.25) is 0 Å². The van der Waals surface area contributed by atoms with E-state index < -0.39 is 0 Å². The van der Waals surface area contributed by atoms with E-state index in [9.17, 15) is 4.79 Å². The zero-order valence-corrected chi connectivity index (χ0v) is 15.9. The van der Waals surface area contributed by atoms with Crippen LogP contribution >= 0.6 is 0 Å². The highest BCUT2D eigenvalue weighted by molar-refractivity contribution is 5.98. The molecule has 1 aliphatic rings. The van der Waals surface area contributed by atoms with E-state index in [-0.39, 0.29) is 12.0 Å². The van der Waals surface area contributed by atoms with Crippen LogP contribution in [-0.2, 0) is 0 Å². The molecule has 2 aromatic carbocycles. The molecule has 27 heavy (non-hydrogen) atoms. The molecule has 0 aliphatic carbocycles. The summed E-state index contributed by atoms with van der Waals surface area (Å²) >= 11 is 0. The Morgan fingerprint density at radius 2 is 1.93 bits per heavy atom. The number of ether oxygens (including phenoxy) is 1. The van der Waals surface area contributed by atoms with Crippen molar-refractivity contribution in [1.82, 2.24) is 4.90 Å². The summed E-state index contributed by atoms with van der Waals surface area (Å²) in [5, 5.41) is 0.981. The number of amides is 1. The van der Waals surface area contributed by atoms with Gasteiger partial charge in [0.15, 0.2) is 5.76 Å². The van der Waals surface area contributed by atoms with E-state index in [1.807, 2.05) is 49.4 Å². The molecule has 5 heteroatoms. The maximum absolute atomic E-state index is 13.0. The number of carbonyl (C=O) groups excluding carboxylic acids is 1. The average molecular weight is 364 g/mol. The molecule has 1 aliphatic heterocycles. The normalized spacial score (nSPS) is 16.1. The lowest BCUT2D eigenvalue weighted by Crippen LogP contribution is -2.46. The molecule has 1 atom stereocenters. The van der Waals surface area contributed by atoms with E-state index in [2.05, 4.69) is 17.9 Å². The molecule has 0 N–H and O–H groups in total. The molecule has 0 spiro atoms. The molecule has 0 radical (unpaired) electrons. The summed E-state index contributed by atoms with van der Waals surface area (Å²) in [6, 6.07) is 15.8. The Balaban J connectivity index is 1.52. The van der Waals surface area contributed by atoms with E-state index in [4.69, 9.17) is 9.15 Å². The average Bonchev–Trinajstić information content (AvgIpc) is 3.03. The molecule has 140 valence electrons. The fraction of sp³-hybridized carbons (Fsp3) is 0.318. The van der Waals surface area contributed by atoms with Crippen LogP contribution in [0.1, 0.15) is 23.0 Å². The molecule has 1 aromatic heterocycles. The topological polar surface area (TPSA) is 45.9 Å². The van der Waals surface area contributed by atoms with Crippen molar-refractivity contribution in [2.75, 3.05) is 31.6 Å². The smallest absolute Gasteiger partial charge is 0.289 e. The highest BCUT2D eigenvalue weighted by Gasteiger charge is 2.28. The second-order valence-corrected chi connectivity index (χ2v) is 6.98. The van der Waals surface area contributed by atoms with Gasteiger partial charge < -0.3 is 19.0 Å². The number of carbonyl (C=O) groups is 1. The van der Waals surface area contributed by atoms with Gasteiger partial charge in [-0.25, -0.2) is 0 Å². The van der Waals surface area contributed by atoms with E-state index in [1.54, 1.807) is 11.9 Å². The van der Waals surface area contributed by atoms with Gasteiger partial charge in [0.25, 0.3) is 5.91 Å². The van der Waals surface area contributed by atoms with E-state index in [0.717, 1.165) is 41.1 Å². The zero-order valence-electron chi connectivity index (χ0n) is 15.9. The number of nitrogens with zero attached hydrogens (tertiary/aromatic N) is 2. The van der Waals surface area contributed by atoms with Crippen LogP contribution < -0.4 is 9.64 Å². The minimum atomic E-state index is -0.116. The molecule has 0 fully saturated rings. The van der Waals surface area contributed by atoms with Gasteiger partial charge in [-0.15, -0.1) is 0 Å². The third kappa shape index (κ3) is 3.14. The van der Waals surface area contributed by atoms with Crippen LogP contribution in [0.25, 0.3) is 11.0 Å². The molecule has 0 saturated carbocycles. The number of benzene rings is 2. The van der Waals surface area contributed by atoms with Crippen LogP contribution in [0, 0.1) is 6.92 Å². The Bertz CT molecular complexity index is 979. The van der Waals surface area contributed by atoms with Gasteiger partial charge in [-0.05, 0) is 32.0 Å². The molecule has 2 heterocycles. The fourth-order valence-corrected chi connectivity index (χ4v) is 3.71. The van der Waals surface area contributed by atoms with Crippen molar-refractivity contribution < 1.29 is 13.9 Å². The van der Waals surface area contributed by atoms with Crippen molar-refractivity contribution in [2.24, 2.45) is 0 Å². The predicted octanol–water partition coefficient (Wildman–Crippen LogP) is 4.10. The lowest BCUT2D eigenvalue weighted by molar-refractivity contribution is 0.0681. The molecule has 4 rings (SSSR count). The second kappa shape index (κ2) is 6.99. The van der Waals surface area contributed by atoms with Crippen LogP contribution in [-0.4, -0.2) is 43.6 Å². The van der Waals surface area contributed by atoms with Gasteiger partial charge in [-0.2, -0.15) is 0 Å². The van der Waals surface area contributed by atoms with Crippen molar-refractivity contribution in [3.8, 4) is 5.75 Å². The van der Waals surface area contributed by atoms with Crippen LogP contribution in [0.15, 0.2) is 52.9 Å². The molecule has 5 nitrogen and oxygen atoms in total. The molecule has 3 aromatic rings. The quantitative estimate of drug-likeness (QED) is 0.699. The van der Waals surface area contributed by atoms with Crippen molar-refractivity contribution in [2.45, 2.75) is 20.0 Å². The maximum atomic E-state index is 13.0. The fourth-order valence-electron chi connectivity index (χ4n) is 3.71. The molecule has 0 bridgehead atoms. The number of likely N-dealkylation sites (N-methyl/N-ethyl adjacent to an activating group) is 2. The number of anilines is 1. The molecular weight excluding hydrogens is 340 g/mol. The third-order valence-corrected chi connectivity index (χ3v) is 5.17. The number of furan rings is 1. The predicted molar refractivity (Wildman–Crippen MR) is 107 cm³/mol. The summed E-state index contributed by atoms with van der Waals surface area (Å²) < 4.78 is 12.0. The summed E-state index contributed by atoms with van der Waals surface area (Å²) in [6.07, 6.45) is -0.0847. The van der Waals surface area contributed by atoms with Gasteiger partial charge in [0, 0.05) is 24.5 Å². The van der Waals surface area contributed by atoms with E-state index in [1.165, 1.54) is 0 Å². The van der Waals surface area contributed by atoms with E-state index in [0.29, 0.717) is 12.3 Å². The van der Waals surface area contributed by atoms with E-state index >= 15 is 0 Å². The summed E-state index contributed by atoms with van der Waals surface area (Å²) in [5.74, 6) is 1.16. The summed E-state index contributed by atoms with van der Waals surface area (Å²) in [5.41, 5.74) is 2.73. The van der Waals surface area contributed by atoms with Crippen LogP contribution in [0.4, 0.5) is 5.69 Å². The Morgan fingerprint density at radius 1 is 1.19 bits per heavy atom. The van der Waals surface area contributed by atoms with Crippen molar-refractivity contribution >= 4 is 22.6 Å². The maximum Gasteiger partial charge on any atom is 0.289 e. The first-order chi connectivity index (χ1) is 13.1. The number of para-hydroxylation sites is 3. The van der Waals surface area contributed by atoms with Gasteiger partial charge in [-0.3, -0.25) is 4.79 Å². The molecule has 0 unspecified atom stereocenters. The first-order valence-electron chi connectivity index (χ1n) is 9.32. The molecule has 1 amide bonds. The number of fused-ring (bicyclic) bond motifs is 2. The first-order valence-corrected chi connectivity index (χ1v) is 9.32. The van der Waals surface area contributed by atoms with Crippen LogP contribution in [0.2, 0.25) is 0 Å². The SMILES string of the molecule is CCN1C[C@@H](CN(C)C(=O)c2oc3ccccc3c2C)Oc2ccccc21. The van der Waals surface area contributed by atoms with Crippen LogP contribution in [0.5, 0.6) is 5.75 Å². The Hall–Kier alpha value is -2.95. The molecular formula is C22H24N2O3. The van der Waals surface area contributed by atoms with Gasteiger partial charge >= 0.3 is 0 Å². The number of hydrogen-bond donors (Lipinski definition) is 0. The summed E-state index contributed by atoms with van der Waals surface area (Å²) in [6.45, 7) is 6.21. The zero-order chi connectivity index (χ0) is 19.0. The van der Waals surface area contributed by atoms with Crippen molar-refractivity contribution in [3.05, 3.63) is 59.9 Å². The van der Waals surface area contributed by atoms with Gasteiger partial charge in [0.1, 0.15) is 17.4 Å². The number of rotatable bonds is 4. The largest absolute Gasteiger partial charge is 0.485 e. The lowest BCUT2D eigenvalue weighted by atomic mass is 10.1. The lowest BCUT2D eigenvalue weighted by Gasteiger charge is -2.37. The monoisotopic (exact) mass is 364 g/mol. The van der Waals surface area contributed by atoms with Crippen molar-refractivity contribution in [3.63, 3.8) is 0 Å². The highest BCUT2D eigenvalue weighted by atomic mass is 16.5. The van der Waals surface area contributed by atoms with Crippen molar-refractivity contribution in [1.29, 1.82) is 0 Å². The highest BCUT2D eigenvalue weighted by Crippen LogP contribution is 2.33. The second-order valence-electron chi connectivity index (χ2n) is 6.98. The summed E-state index contributed by atoms with van der Waals surface area (Å²) in [4.78, 5) is 16.9. The molecule has 0 saturated heterocycles. The minimum Gasteiger partial charge on any atom is -0.485 e. The van der Waals surface area contributed by atoms with Gasteiger partial charge in [-0.1, -0.05) is 30.3 Å². The number of hydrogen-bond acceptors (Lipinski definition) is 4. The third-order valence-electron chi connectivity index (χ3n) is 5.17. The van der Waals surface area contributed by atoms with Gasteiger partial charge in [0.05, 0.1) is 18.8 Å². The first kappa shape index (κ1) is 17.5. The number of aryl methyl sites for hydroxylation is 1. The van der Waals surface area contributed by atoms with Crippen LogP contribution in [0.3, 0.4) is 0 Å². The Labute approximate surface area is 159 Å². The standard InChI is InChI=1S/C22H24N2O3/c1-4-24-14-16(26-20-12-8-6-10-18(20)24)13-23(3)22(25)21-15(2)17-9-5-7-11-19(17)27-21/h5-12,16H,4,13-14H2,1-3H3/t16-/m1/s1. The Kier molecular flexibility index (Phi) is 4.52. The summed E-state index contributed by atoms with van der Waals surface area (Å²) in [7, 11) is 1.80. The Morgan fingerprint density at radius 3 is 2.70 bits per heavy atom. The minimum absolute atomic E-state index is 0.0847.